The first-order valence-electron chi connectivity index (χ1n) is 6.53. The maximum Gasteiger partial charge on any atom is 0.309 e. The number of esters is 1. The smallest absolute Gasteiger partial charge is 0.309 e. The molecule has 0 spiro atoms. The van der Waals surface area contributed by atoms with Gasteiger partial charge in [0, 0.05) is 11.5 Å². The van der Waals surface area contributed by atoms with Gasteiger partial charge in [0.05, 0.1) is 5.92 Å². The van der Waals surface area contributed by atoms with E-state index in [1.165, 1.54) is 5.56 Å². The zero-order valence-corrected chi connectivity index (χ0v) is 11.0. The van der Waals surface area contributed by atoms with Gasteiger partial charge in [0.1, 0.15) is 11.9 Å². The summed E-state index contributed by atoms with van der Waals surface area (Å²) in [4.78, 5) is 11.7. The van der Waals surface area contributed by atoms with Gasteiger partial charge in [0.25, 0.3) is 0 Å². The van der Waals surface area contributed by atoms with Crippen LogP contribution in [0.1, 0.15) is 41.7 Å². The number of rotatable bonds is 0. The largest absolute Gasteiger partial charge is 0.508 e. The summed E-state index contributed by atoms with van der Waals surface area (Å²) in [7, 11) is 0. The molecule has 0 radical (unpaired) electrons. The Morgan fingerprint density at radius 1 is 1.39 bits per heavy atom. The minimum absolute atomic E-state index is 0.0230. The maximum absolute atomic E-state index is 11.7. The Bertz CT molecular complexity index is 533. The predicted molar refractivity (Wildman–Crippen MR) is 67.4 cm³/mol. The van der Waals surface area contributed by atoms with Crippen LogP contribution in [0.15, 0.2) is 6.07 Å². The fourth-order valence-electron chi connectivity index (χ4n) is 3.44. The number of phenolic OH excluding ortho intramolecular Hbond substituents is 1. The monoisotopic (exact) mass is 246 g/mol. The maximum atomic E-state index is 11.7. The highest BCUT2D eigenvalue weighted by atomic mass is 16.6. The molecule has 1 fully saturated rings. The number of carbonyl (C=O) groups is 1. The molecule has 1 saturated heterocycles. The van der Waals surface area contributed by atoms with Crippen molar-refractivity contribution in [3.8, 4) is 5.75 Å². The van der Waals surface area contributed by atoms with E-state index in [9.17, 15) is 9.90 Å². The molecule has 0 saturated carbocycles. The number of aromatic hydroxyl groups is 1. The van der Waals surface area contributed by atoms with Crippen molar-refractivity contribution in [2.24, 2.45) is 11.8 Å². The van der Waals surface area contributed by atoms with Crippen molar-refractivity contribution in [2.45, 2.75) is 39.7 Å². The van der Waals surface area contributed by atoms with Gasteiger partial charge in [0.15, 0.2) is 0 Å². The minimum Gasteiger partial charge on any atom is -0.508 e. The highest BCUT2D eigenvalue weighted by molar-refractivity contribution is 5.75. The first-order valence-corrected chi connectivity index (χ1v) is 6.53. The summed E-state index contributed by atoms with van der Waals surface area (Å²) in [6.07, 6.45) is 1.82. The van der Waals surface area contributed by atoms with Crippen LogP contribution in [0.2, 0.25) is 0 Å². The predicted octanol–water partition coefficient (Wildman–Crippen LogP) is 2.81. The lowest BCUT2D eigenvalue weighted by molar-refractivity contribution is -0.144. The Balaban J connectivity index is 2.18. The highest BCUT2D eigenvalue weighted by Crippen LogP contribution is 2.49. The molecule has 0 amide bonds. The molecule has 0 aromatic heterocycles. The Labute approximate surface area is 107 Å². The van der Waals surface area contributed by atoms with E-state index in [4.69, 9.17) is 4.74 Å². The second-order valence-electron chi connectivity index (χ2n) is 5.58. The van der Waals surface area contributed by atoms with Crippen LogP contribution >= 0.6 is 0 Å². The Morgan fingerprint density at radius 2 is 2.11 bits per heavy atom. The van der Waals surface area contributed by atoms with Crippen molar-refractivity contribution < 1.29 is 14.6 Å². The number of benzene rings is 1. The Morgan fingerprint density at radius 3 is 2.83 bits per heavy atom. The van der Waals surface area contributed by atoms with E-state index in [0.29, 0.717) is 5.75 Å². The third kappa shape index (κ3) is 1.39. The molecule has 0 bridgehead atoms. The normalized spacial score (nSPS) is 29.7. The second-order valence-corrected chi connectivity index (χ2v) is 5.58. The van der Waals surface area contributed by atoms with Crippen molar-refractivity contribution >= 4 is 5.97 Å². The second kappa shape index (κ2) is 3.74. The van der Waals surface area contributed by atoms with Gasteiger partial charge in [-0.05, 0) is 49.4 Å². The molecule has 3 atom stereocenters. The summed E-state index contributed by atoms with van der Waals surface area (Å²) in [6.45, 7) is 5.87. The number of fused-ring (bicyclic) bond motifs is 3. The summed E-state index contributed by atoms with van der Waals surface area (Å²) < 4.78 is 5.54. The van der Waals surface area contributed by atoms with Gasteiger partial charge in [-0.15, -0.1) is 0 Å². The van der Waals surface area contributed by atoms with Crippen molar-refractivity contribution in [1.82, 2.24) is 0 Å². The Hall–Kier alpha value is -1.51. The summed E-state index contributed by atoms with van der Waals surface area (Å²) in [6, 6.07) is 1.81. The average Bonchev–Trinajstić information content (AvgIpc) is 2.62. The first-order chi connectivity index (χ1) is 8.50. The molecule has 96 valence electrons. The molecule has 0 unspecified atom stereocenters. The summed E-state index contributed by atoms with van der Waals surface area (Å²) in [5, 5.41) is 9.97. The summed E-state index contributed by atoms with van der Waals surface area (Å²) in [5.41, 5.74) is 4.28. The van der Waals surface area contributed by atoms with Crippen molar-refractivity contribution in [3.05, 3.63) is 28.3 Å². The molecule has 3 heteroatoms. The molecule has 1 aromatic carbocycles. The van der Waals surface area contributed by atoms with E-state index in [1.54, 1.807) is 0 Å². The van der Waals surface area contributed by atoms with Gasteiger partial charge in [-0.2, -0.15) is 0 Å². The highest BCUT2D eigenvalue weighted by Gasteiger charge is 2.46. The van der Waals surface area contributed by atoms with Gasteiger partial charge >= 0.3 is 5.97 Å². The van der Waals surface area contributed by atoms with Crippen LogP contribution in [-0.2, 0) is 16.0 Å². The van der Waals surface area contributed by atoms with E-state index in [1.807, 2.05) is 26.8 Å². The molecule has 1 heterocycles. The molecule has 1 aromatic rings. The zero-order valence-electron chi connectivity index (χ0n) is 11.0. The van der Waals surface area contributed by atoms with E-state index in [-0.39, 0.29) is 23.9 Å². The molecule has 1 aliphatic carbocycles. The topological polar surface area (TPSA) is 46.5 Å². The number of aryl methyl sites for hydroxylation is 1. The van der Waals surface area contributed by atoms with Crippen LogP contribution in [-0.4, -0.2) is 11.1 Å². The van der Waals surface area contributed by atoms with Gasteiger partial charge in [-0.1, -0.05) is 6.92 Å². The molecule has 1 aliphatic heterocycles. The van der Waals surface area contributed by atoms with Crippen molar-refractivity contribution in [1.29, 1.82) is 0 Å². The zero-order chi connectivity index (χ0) is 13.0. The molecule has 3 rings (SSSR count). The molecular formula is C15H18O3. The standard InChI is InChI=1S/C15H18O3/c1-7-6-12(16)9(3)13-10(7)4-5-11-8(2)15(17)18-14(11)13/h6,8,11,14,16H,4-5H2,1-3H3/t8-,11+,14+/m0/s1. The van der Waals surface area contributed by atoms with Gasteiger partial charge < -0.3 is 9.84 Å². The summed E-state index contributed by atoms with van der Waals surface area (Å²) in [5.74, 6) is 0.454. The lowest BCUT2D eigenvalue weighted by Crippen LogP contribution is -2.22. The number of hydrogen-bond acceptors (Lipinski definition) is 3. The van der Waals surface area contributed by atoms with Gasteiger partial charge in [0.2, 0.25) is 0 Å². The molecule has 18 heavy (non-hydrogen) atoms. The molecule has 3 nitrogen and oxygen atoms in total. The number of hydrogen-bond donors (Lipinski definition) is 1. The van der Waals surface area contributed by atoms with E-state index < -0.39 is 0 Å². The SMILES string of the molecule is Cc1cc(O)c(C)c2c1CC[C@@H]1[C@H](C)C(=O)O[C@@H]21. The summed E-state index contributed by atoms with van der Waals surface area (Å²) >= 11 is 0. The lowest BCUT2D eigenvalue weighted by Gasteiger charge is -2.30. The van der Waals surface area contributed by atoms with Crippen LogP contribution in [0.5, 0.6) is 5.75 Å². The van der Waals surface area contributed by atoms with Crippen LogP contribution in [0, 0.1) is 25.7 Å². The minimum atomic E-state index is -0.151. The number of phenols is 1. The quantitative estimate of drug-likeness (QED) is 0.716. The number of carbonyl (C=O) groups excluding carboxylic acids is 1. The molecule has 1 N–H and O–H groups in total. The van der Waals surface area contributed by atoms with Crippen LogP contribution in [0.25, 0.3) is 0 Å². The molecular weight excluding hydrogens is 228 g/mol. The average molecular weight is 246 g/mol. The van der Waals surface area contributed by atoms with Crippen molar-refractivity contribution in [2.75, 3.05) is 0 Å². The van der Waals surface area contributed by atoms with Gasteiger partial charge in [-0.3, -0.25) is 4.79 Å². The van der Waals surface area contributed by atoms with E-state index in [2.05, 4.69) is 0 Å². The van der Waals surface area contributed by atoms with Gasteiger partial charge in [-0.25, -0.2) is 0 Å². The molecule has 2 aliphatic rings. The van der Waals surface area contributed by atoms with Crippen LogP contribution in [0.4, 0.5) is 0 Å². The van der Waals surface area contributed by atoms with Crippen LogP contribution < -0.4 is 0 Å². The fraction of sp³-hybridized carbons (Fsp3) is 0.533. The third-order valence-electron chi connectivity index (χ3n) is 4.60. The third-order valence-corrected chi connectivity index (χ3v) is 4.60. The lowest BCUT2D eigenvalue weighted by atomic mass is 9.74. The fourth-order valence-corrected chi connectivity index (χ4v) is 3.44. The number of ether oxygens (including phenoxy) is 1. The first kappa shape index (κ1) is 11.6. The Kier molecular flexibility index (Phi) is 2.40. The van der Waals surface area contributed by atoms with Crippen molar-refractivity contribution in [3.63, 3.8) is 0 Å². The van der Waals surface area contributed by atoms with E-state index >= 15 is 0 Å². The van der Waals surface area contributed by atoms with Crippen LogP contribution in [0.3, 0.4) is 0 Å². The van der Waals surface area contributed by atoms with E-state index in [0.717, 1.165) is 29.5 Å².